The quantitative estimate of drug-likeness (QED) is 0.474. The summed E-state index contributed by atoms with van der Waals surface area (Å²) >= 11 is 4.29. The maximum absolute atomic E-state index is 13.0. The molecule has 4 rings (SSSR count). The number of rotatable bonds is 7. The van der Waals surface area contributed by atoms with Gasteiger partial charge in [-0.2, -0.15) is 0 Å². The molecule has 2 aliphatic rings. The molecule has 2 aromatic carbocycles. The van der Waals surface area contributed by atoms with Crippen molar-refractivity contribution in [2.75, 3.05) is 44.2 Å². The molecule has 0 spiro atoms. The van der Waals surface area contributed by atoms with Gasteiger partial charge in [0.2, 0.25) is 5.91 Å². The predicted octanol–water partition coefficient (Wildman–Crippen LogP) is 4.62. The van der Waals surface area contributed by atoms with Crippen LogP contribution in [0.1, 0.15) is 18.9 Å². The largest absolute Gasteiger partial charge is 0.493 e. The van der Waals surface area contributed by atoms with Gasteiger partial charge in [0.05, 0.1) is 11.5 Å². The smallest absolute Gasteiger partial charge is 0.294 e. The minimum Gasteiger partial charge on any atom is -0.493 e. The molecule has 178 valence electrons. The molecule has 0 saturated carbocycles. The molecular formula is C25H26BrN3O4S. The Bertz CT molecular complexity index is 1100. The third kappa shape index (κ3) is 5.64. The molecular weight excluding hydrogens is 518 g/mol. The lowest BCUT2D eigenvalue weighted by Crippen LogP contribution is -2.51. The van der Waals surface area contributed by atoms with Crippen molar-refractivity contribution in [3.8, 4) is 5.75 Å². The molecule has 0 unspecified atom stereocenters. The first kappa shape index (κ1) is 24.3. The average molecular weight is 544 g/mol. The number of thioether (sulfide) groups is 1. The molecule has 2 aliphatic heterocycles. The Morgan fingerprint density at radius 1 is 1.09 bits per heavy atom. The number of carbonyl (C=O) groups is 3. The zero-order valence-corrected chi connectivity index (χ0v) is 21.3. The van der Waals surface area contributed by atoms with Crippen LogP contribution in [-0.4, -0.2) is 66.2 Å². The number of nitrogens with zero attached hydrogens (tertiary/aromatic N) is 3. The van der Waals surface area contributed by atoms with Crippen LogP contribution >= 0.6 is 27.7 Å². The van der Waals surface area contributed by atoms with Crippen LogP contribution < -0.4 is 9.64 Å². The molecule has 0 aromatic heterocycles. The van der Waals surface area contributed by atoms with Crippen LogP contribution in [0.3, 0.4) is 0 Å². The Morgan fingerprint density at radius 3 is 2.53 bits per heavy atom. The maximum Gasteiger partial charge on any atom is 0.294 e. The molecule has 2 fully saturated rings. The first-order valence-corrected chi connectivity index (χ1v) is 12.8. The number of carbonyl (C=O) groups excluding carboxylic acids is 3. The van der Waals surface area contributed by atoms with Crippen LogP contribution in [0.5, 0.6) is 5.75 Å². The number of hydrogen-bond donors (Lipinski definition) is 0. The van der Waals surface area contributed by atoms with Gasteiger partial charge in [0.15, 0.2) is 0 Å². The fraction of sp³-hybridized carbons (Fsp3) is 0.320. The number of para-hydroxylation sites is 1. The second kappa shape index (κ2) is 11.1. The van der Waals surface area contributed by atoms with Crippen molar-refractivity contribution in [3.05, 3.63) is 63.5 Å². The molecule has 0 bridgehead atoms. The number of hydrogen-bond acceptors (Lipinski definition) is 6. The topological polar surface area (TPSA) is 70.2 Å². The van der Waals surface area contributed by atoms with E-state index in [1.54, 1.807) is 11.0 Å². The van der Waals surface area contributed by atoms with Crippen molar-refractivity contribution in [2.24, 2.45) is 0 Å². The molecule has 9 heteroatoms. The molecule has 0 radical (unpaired) electrons. The van der Waals surface area contributed by atoms with E-state index in [0.717, 1.165) is 33.2 Å². The van der Waals surface area contributed by atoms with E-state index in [1.165, 1.54) is 0 Å². The van der Waals surface area contributed by atoms with Gasteiger partial charge in [0.1, 0.15) is 12.3 Å². The van der Waals surface area contributed by atoms with E-state index >= 15 is 0 Å². The average Bonchev–Trinajstić information content (AvgIpc) is 3.11. The van der Waals surface area contributed by atoms with Crippen LogP contribution in [0, 0.1) is 0 Å². The molecule has 2 heterocycles. The first-order chi connectivity index (χ1) is 16.5. The van der Waals surface area contributed by atoms with Crippen LogP contribution in [-0.2, 0) is 9.59 Å². The number of amides is 3. The van der Waals surface area contributed by atoms with E-state index in [1.807, 2.05) is 55.5 Å². The summed E-state index contributed by atoms with van der Waals surface area (Å²) in [7, 11) is 0. The van der Waals surface area contributed by atoms with Gasteiger partial charge in [0, 0.05) is 41.9 Å². The summed E-state index contributed by atoms with van der Waals surface area (Å²) in [5.74, 6) is -0.0254. The van der Waals surface area contributed by atoms with E-state index in [4.69, 9.17) is 4.74 Å². The fourth-order valence-electron chi connectivity index (χ4n) is 3.84. The molecule has 2 saturated heterocycles. The van der Waals surface area contributed by atoms with Gasteiger partial charge in [0.25, 0.3) is 11.1 Å². The first-order valence-electron chi connectivity index (χ1n) is 11.2. The van der Waals surface area contributed by atoms with Gasteiger partial charge in [-0.15, -0.1) is 0 Å². The second-order valence-corrected chi connectivity index (χ2v) is 9.91. The second-order valence-electron chi connectivity index (χ2n) is 8.00. The number of anilines is 1. The zero-order chi connectivity index (χ0) is 24.1. The van der Waals surface area contributed by atoms with Crippen molar-refractivity contribution >= 4 is 56.5 Å². The van der Waals surface area contributed by atoms with Gasteiger partial charge < -0.3 is 14.5 Å². The summed E-state index contributed by atoms with van der Waals surface area (Å²) in [5.41, 5.74) is 1.83. The number of halogens is 1. The minimum atomic E-state index is -0.451. The van der Waals surface area contributed by atoms with E-state index in [0.29, 0.717) is 44.1 Å². The molecule has 0 aliphatic carbocycles. The van der Waals surface area contributed by atoms with E-state index < -0.39 is 11.1 Å². The van der Waals surface area contributed by atoms with Crippen molar-refractivity contribution in [2.45, 2.75) is 13.3 Å². The Labute approximate surface area is 211 Å². The van der Waals surface area contributed by atoms with Crippen LogP contribution in [0.4, 0.5) is 10.5 Å². The minimum absolute atomic E-state index is 0.217. The summed E-state index contributed by atoms with van der Waals surface area (Å²) in [6.07, 6.45) is 2.51. The lowest BCUT2D eigenvalue weighted by Gasteiger charge is -2.36. The number of imide groups is 1. The van der Waals surface area contributed by atoms with Gasteiger partial charge in [-0.25, -0.2) is 0 Å². The van der Waals surface area contributed by atoms with Gasteiger partial charge >= 0.3 is 0 Å². The highest BCUT2D eigenvalue weighted by Gasteiger charge is 2.37. The van der Waals surface area contributed by atoms with E-state index in [-0.39, 0.29) is 17.4 Å². The van der Waals surface area contributed by atoms with E-state index in [2.05, 4.69) is 20.8 Å². The lowest BCUT2D eigenvalue weighted by atomic mass is 10.2. The molecule has 0 N–H and O–H groups in total. The molecule has 34 heavy (non-hydrogen) atoms. The maximum atomic E-state index is 13.0. The third-order valence-corrected chi connectivity index (χ3v) is 7.04. The highest BCUT2D eigenvalue weighted by molar-refractivity contribution is 9.10. The van der Waals surface area contributed by atoms with Crippen LogP contribution in [0.25, 0.3) is 6.08 Å². The Kier molecular flexibility index (Phi) is 7.95. The van der Waals surface area contributed by atoms with Gasteiger partial charge in [-0.1, -0.05) is 41.1 Å². The Morgan fingerprint density at radius 2 is 1.82 bits per heavy atom. The van der Waals surface area contributed by atoms with Crippen molar-refractivity contribution in [1.82, 2.24) is 9.80 Å². The number of ether oxygens (including phenoxy) is 1. The highest BCUT2D eigenvalue weighted by Crippen LogP contribution is 2.35. The normalized spacial score (nSPS) is 17.6. The lowest BCUT2D eigenvalue weighted by molar-refractivity contribution is -0.136. The highest BCUT2D eigenvalue weighted by atomic mass is 79.9. The summed E-state index contributed by atoms with van der Waals surface area (Å²) < 4.78 is 6.62. The third-order valence-electron chi connectivity index (χ3n) is 5.64. The van der Waals surface area contributed by atoms with Crippen molar-refractivity contribution in [1.29, 1.82) is 0 Å². The Hall–Kier alpha value is -2.78. The molecule has 3 amide bonds. The summed E-state index contributed by atoms with van der Waals surface area (Å²) in [5, 5.41) is -0.432. The SMILES string of the molecule is CCCOc1ccc(Br)cc1/C=C1/SC(=O)N(CC(=O)N2CCN(c3ccccc3)CC2)C1=O. The van der Waals surface area contributed by atoms with Gasteiger partial charge in [-0.3, -0.25) is 19.3 Å². The molecule has 7 nitrogen and oxygen atoms in total. The standard InChI is InChI=1S/C25H26BrN3O4S/c1-2-14-33-21-9-8-19(26)15-18(21)16-22-24(31)29(25(32)34-22)17-23(30)28-12-10-27(11-13-28)20-6-4-3-5-7-20/h3-9,15-16H,2,10-14,17H2,1H3/b22-16+. The fourth-order valence-corrected chi connectivity index (χ4v) is 5.05. The Balaban J connectivity index is 1.40. The van der Waals surface area contributed by atoms with Crippen molar-refractivity contribution in [3.63, 3.8) is 0 Å². The number of piperazine rings is 1. The summed E-state index contributed by atoms with van der Waals surface area (Å²) in [6.45, 7) is 4.84. The summed E-state index contributed by atoms with van der Waals surface area (Å²) in [4.78, 5) is 43.7. The molecule has 0 atom stereocenters. The monoisotopic (exact) mass is 543 g/mol. The number of benzene rings is 2. The van der Waals surface area contributed by atoms with Crippen LogP contribution in [0.2, 0.25) is 0 Å². The van der Waals surface area contributed by atoms with Crippen molar-refractivity contribution < 1.29 is 19.1 Å². The zero-order valence-electron chi connectivity index (χ0n) is 18.9. The summed E-state index contributed by atoms with van der Waals surface area (Å²) in [6, 6.07) is 15.6. The van der Waals surface area contributed by atoms with Crippen LogP contribution in [0.15, 0.2) is 57.9 Å². The van der Waals surface area contributed by atoms with Gasteiger partial charge in [-0.05, 0) is 54.6 Å². The van der Waals surface area contributed by atoms with E-state index in [9.17, 15) is 14.4 Å². The molecule has 2 aromatic rings. The predicted molar refractivity (Wildman–Crippen MR) is 138 cm³/mol.